The number of unbranched alkanes of at least 4 members (excludes halogenated alkanes) is 1. The van der Waals surface area contributed by atoms with E-state index >= 15 is 0 Å². The average Bonchev–Trinajstić information content (AvgIpc) is 2.06. The van der Waals surface area contributed by atoms with Crippen molar-refractivity contribution >= 4 is 0 Å². The van der Waals surface area contributed by atoms with Crippen molar-refractivity contribution in [2.75, 3.05) is 19.6 Å². The summed E-state index contributed by atoms with van der Waals surface area (Å²) in [5.74, 6) is 0. The minimum Gasteiger partial charge on any atom is -0.302 e. The van der Waals surface area contributed by atoms with Crippen LogP contribution in [0.25, 0.3) is 0 Å². The summed E-state index contributed by atoms with van der Waals surface area (Å²) in [6.45, 7) is 12.3. The maximum absolute atomic E-state index is 3.43. The van der Waals surface area contributed by atoms with Gasteiger partial charge in [0.25, 0.3) is 0 Å². The summed E-state index contributed by atoms with van der Waals surface area (Å²) in [5, 5.41) is 3.43. The summed E-state index contributed by atoms with van der Waals surface area (Å²) >= 11 is 0. The predicted octanol–water partition coefficient (Wildman–Crippen LogP) is 2.06. The molecular formula is C10H24N2. The summed E-state index contributed by atoms with van der Waals surface area (Å²) in [7, 11) is 0. The molecule has 0 aliphatic heterocycles. The number of hydrogen-bond donors (Lipinski definition) is 1. The summed E-state index contributed by atoms with van der Waals surface area (Å²) in [4.78, 5) is 2.48. The van der Waals surface area contributed by atoms with Crippen molar-refractivity contribution in [2.24, 2.45) is 0 Å². The fraction of sp³-hybridized carbons (Fsp3) is 1.00. The molecule has 0 aliphatic carbocycles. The van der Waals surface area contributed by atoms with Crippen LogP contribution in [0.5, 0.6) is 0 Å². The molecule has 0 aliphatic rings. The van der Waals surface area contributed by atoms with Crippen molar-refractivity contribution in [3.63, 3.8) is 0 Å². The highest BCUT2D eigenvalue weighted by atomic mass is 15.2. The fourth-order valence-corrected chi connectivity index (χ4v) is 1.41. The Morgan fingerprint density at radius 3 is 2.33 bits per heavy atom. The minimum atomic E-state index is 0.534. The second-order valence-electron chi connectivity index (χ2n) is 3.22. The predicted molar refractivity (Wildman–Crippen MR) is 55.3 cm³/mol. The van der Waals surface area contributed by atoms with Gasteiger partial charge in [-0.3, -0.25) is 4.90 Å². The quantitative estimate of drug-likeness (QED) is 0.591. The van der Waals surface area contributed by atoms with Crippen LogP contribution in [-0.2, 0) is 0 Å². The van der Waals surface area contributed by atoms with Crippen molar-refractivity contribution in [2.45, 2.75) is 46.7 Å². The van der Waals surface area contributed by atoms with Crippen molar-refractivity contribution in [3.05, 3.63) is 0 Å². The third-order valence-corrected chi connectivity index (χ3v) is 2.25. The third kappa shape index (κ3) is 4.73. The normalized spacial score (nSPS) is 13.8. The van der Waals surface area contributed by atoms with E-state index in [1.807, 2.05) is 0 Å². The summed E-state index contributed by atoms with van der Waals surface area (Å²) in [6, 6.07) is 0. The van der Waals surface area contributed by atoms with Gasteiger partial charge in [0.15, 0.2) is 0 Å². The van der Waals surface area contributed by atoms with Gasteiger partial charge in [-0.1, -0.05) is 27.2 Å². The Balaban J connectivity index is 3.62. The van der Waals surface area contributed by atoms with Crippen molar-refractivity contribution in [3.8, 4) is 0 Å². The highest BCUT2D eigenvalue weighted by Gasteiger charge is 2.08. The zero-order valence-corrected chi connectivity index (χ0v) is 9.06. The average molecular weight is 172 g/mol. The highest BCUT2D eigenvalue weighted by Crippen LogP contribution is 1.98. The highest BCUT2D eigenvalue weighted by molar-refractivity contribution is 4.62. The number of hydrogen-bond acceptors (Lipinski definition) is 2. The zero-order valence-electron chi connectivity index (χ0n) is 9.06. The van der Waals surface area contributed by atoms with E-state index in [1.165, 1.54) is 19.4 Å². The molecule has 0 bridgehead atoms. The second kappa shape index (κ2) is 7.56. The number of rotatable bonds is 7. The van der Waals surface area contributed by atoms with Crippen molar-refractivity contribution in [1.29, 1.82) is 0 Å². The van der Waals surface area contributed by atoms with Crippen LogP contribution in [0, 0.1) is 0 Å². The van der Waals surface area contributed by atoms with E-state index in [0.29, 0.717) is 6.17 Å². The molecule has 1 N–H and O–H groups in total. The lowest BCUT2D eigenvalue weighted by atomic mass is 10.3. The van der Waals surface area contributed by atoms with Gasteiger partial charge in [0.05, 0.1) is 6.17 Å². The van der Waals surface area contributed by atoms with Gasteiger partial charge >= 0.3 is 0 Å². The molecule has 0 saturated heterocycles. The van der Waals surface area contributed by atoms with E-state index in [2.05, 4.69) is 37.9 Å². The first-order valence-corrected chi connectivity index (χ1v) is 5.23. The van der Waals surface area contributed by atoms with E-state index in [-0.39, 0.29) is 0 Å². The Labute approximate surface area is 77.3 Å². The van der Waals surface area contributed by atoms with Gasteiger partial charge in [0.2, 0.25) is 0 Å². The van der Waals surface area contributed by atoms with Crippen molar-refractivity contribution < 1.29 is 0 Å². The second-order valence-corrected chi connectivity index (χ2v) is 3.22. The molecule has 1 unspecified atom stereocenters. The van der Waals surface area contributed by atoms with Gasteiger partial charge in [0.1, 0.15) is 0 Å². The molecule has 0 aromatic carbocycles. The van der Waals surface area contributed by atoms with E-state index in [1.54, 1.807) is 0 Å². The van der Waals surface area contributed by atoms with E-state index < -0.39 is 0 Å². The summed E-state index contributed by atoms with van der Waals surface area (Å²) < 4.78 is 0. The first-order valence-electron chi connectivity index (χ1n) is 5.23. The van der Waals surface area contributed by atoms with Gasteiger partial charge < -0.3 is 5.32 Å². The van der Waals surface area contributed by atoms with E-state index in [4.69, 9.17) is 0 Å². The molecule has 0 fully saturated rings. The van der Waals surface area contributed by atoms with Crippen LogP contribution in [0.3, 0.4) is 0 Å². The SMILES string of the molecule is CCCCN(CC)C(C)NCC. The third-order valence-electron chi connectivity index (χ3n) is 2.25. The first kappa shape index (κ1) is 11.9. The molecule has 0 saturated carbocycles. The Bertz CT molecular complexity index is 93.8. The summed E-state index contributed by atoms with van der Waals surface area (Å²) in [5.41, 5.74) is 0. The molecule has 0 heterocycles. The number of nitrogens with one attached hydrogen (secondary N) is 1. The Kier molecular flexibility index (Phi) is 7.51. The monoisotopic (exact) mass is 172 g/mol. The molecule has 12 heavy (non-hydrogen) atoms. The van der Waals surface area contributed by atoms with Crippen molar-refractivity contribution in [1.82, 2.24) is 10.2 Å². The molecule has 0 aromatic rings. The molecule has 0 spiro atoms. The fourth-order valence-electron chi connectivity index (χ4n) is 1.41. The molecular weight excluding hydrogens is 148 g/mol. The van der Waals surface area contributed by atoms with Crippen LogP contribution in [0.4, 0.5) is 0 Å². The van der Waals surface area contributed by atoms with Crippen LogP contribution in [0.2, 0.25) is 0 Å². The molecule has 0 amide bonds. The first-order chi connectivity index (χ1) is 5.76. The molecule has 0 radical (unpaired) electrons. The minimum absolute atomic E-state index is 0.534. The molecule has 74 valence electrons. The molecule has 0 aromatic heterocycles. The van der Waals surface area contributed by atoms with Gasteiger partial charge in [-0.2, -0.15) is 0 Å². The lowest BCUT2D eigenvalue weighted by Crippen LogP contribution is -2.43. The van der Waals surface area contributed by atoms with Crippen LogP contribution in [0.1, 0.15) is 40.5 Å². The standard InChI is InChI=1S/C10H24N2/c1-5-8-9-12(7-3)10(4)11-6-2/h10-11H,5-9H2,1-4H3. The Morgan fingerprint density at radius 1 is 1.25 bits per heavy atom. The van der Waals surface area contributed by atoms with Crippen LogP contribution in [-0.4, -0.2) is 30.7 Å². The van der Waals surface area contributed by atoms with Gasteiger partial charge in [-0.05, 0) is 33.0 Å². The van der Waals surface area contributed by atoms with Crippen LogP contribution < -0.4 is 5.32 Å². The number of nitrogens with zero attached hydrogens (tertiary/aromatic N) is 1. The van der Waals surface area contributed by atoms with Gasteiger partial charge in [0, 0.05) is 0 Å². The topological polar surface area (TPSA) is 15.3 Å². The maximum atomic E-state index is 3.43. The lowest BCUT2D eigenvalue weighted by Gasteiger charge is -2.28. The lowest BCUT2D eigenvalue weighted by molar-refractivity contribution is 0.187. The Hall–Kier alpha value is -0.0800. The molecule has 2 nitrogen and oxygen atoms in total. The van der Waals surface area contributed by atoms with Crippen LogP contribution in [0.15, 0.2) is 0 Å². The summed E-state index contributed by atoms with van der Waals surface area (Å²) in [6.07, 6.45) is 3.13. The molecule has 1 atom stereocenters. The molecule has 0 rings (SSSR count). The Morgan fingerprint density at radius 2 is 1.92 bits per heavy atom. The van der Waals surface area contributed by atoms with Gasteiger partial charge in [-0.15, -0.1) is 0 Å². The largest absolute Gasteiger partial charge is 0.302 e. The maximum Gasteiger partial charge on any atom is 0.0567 e. The zero-order chi connectivity index (χ0) is 9.40. The van der Waals surface area contributed by atoms with E-state index in [9.17, 15) is 0 Å². The molecule has 2 heteroatoms. The smallest absolute Gasteiger partial charge is 0.0567 e. The van der Waals surface area contributed by atoms with Gasteiger partial charge in [-0.25, -0.2) is 0 Å². The van der Waals surface area contributed by atoms with E-state index in [0.717, 1.165) is 13.1 Å². The van der Waals surface area contributed by atoms with Crippen LogP contribution >= 0.6 is 0 Å².